The molecule has 1 unspecified atom stereocenters. The van der Waals surface area contributed by atoms with Crippen LogP contribution in [0, 0.1) is 11.3 Å². The summed E-state index contributed by atoms with van der Waals surface area (Å²) >= 11 is 3.56. The molecule has 0 aromatic heterocycles. The van der Waals surface area contributed by atoms with Crippen molar-refractivity contribution in [2.24, 2.45) is 0 Å². The molecule has 2 aromatic carbocycles. The molecule has 0 heterocycles. The minimum atomic E-state index is 0.260. The number of halogens is 1. The Morgan fingerprint density at radius 2 is 2.00 bits per heavy atom. The molecular weight excluding hydrogens is 250 g/mol. The van der Waals surface area contributed by atoms with Crippen LogP contribution in [0.4, 0.5) is 0 Å². The Morgan fingerprint density at radius 3 is 2.67 bits per heavy atom. The summed E-state index contributed by atoms with van der Waals surface area (Å²) in [4.78, 5) is 0.260. The minimum absolute atomic E-state index is 0.260. The van der Waals surface area contributed by atoms with Gasteiger partial charge in [0.15, 0.2) is 0 Å². The summed E-state index contributed by atoms with van der Waals surface area (Å²) in [6, 6.07) is 14.2. The topological polar surface area (TPSA) is 23.8 Å². The van der Waals surface area contributed by atoms with E-state index in [2.05, 4.69) is 35.0 Å². The van der Waals surface area contributed by atoms with Gasteiger partial charge in [-0.25, -0.2) is 0 Å². The highest BCUT2D eigenvalue weighted by molar-refractivity contribution is 9.09. The fraction of sp³-hybridized carbons (Fsp3) is 0.154. The molecule has 1 atom stereocenters. The maximum Gasteiger partial charge on any atom is 0.0991 e. The van der Waals surface area contributed by atoms with Gasteiger partial charge in [-0.15, -0.1) is 0 Å². The number of nitriles is 1. The monoisotopic (exact) mass is 259 g/mol. The molecule has 0 fully saturated rings. The van der Waals surface area contributed by atoms with Crippen molar-refractivity contribution in [1.29, 1.82) is 5.26 Å². The first-order valence-electron chi connectivity index (χ1n) is 4.79. The molecule has 74 valence electrons. The SMILES string of the molecule is CC(Br)c1cc(C#N)cc2ccccc12. The van der Waals surface area contributed by atoms with Crippen LogP contribution >= 0.6 is 15.9 Å². The first-order valence-corrected chi connectivity index (χ1v) is 5.71. The highest BCUT2D eigenvalue weighted by atomic mass is 79.9. The number of hydrogen-bond acceptors (Lipinski definition) is 1. The Balaban J connectivity index is 2.82. The molecule has 2 aromatic rings. The van der Waals surface area contributed by atoms with Gasteiger partial charge in [-0.2, -0.15) is 5.26 Å². The van der Waals surface area contributed by atoms with Crippen molar-refractivity contribution in [3.05, 3.63) is 47.5 Å². The lowest BCUT2D eigenvalue weighted by atomic mass is 10.00. The van der Waals surface area contributed by atoms with E-state index >= 15 is 0 Å². The predicted octanol–water partition coefficient (Wildman–Crippen LogP) is 4.17. The van der Waals surface area contributed by atoms with E-state index in [1.165, 1.54) is 10.9 Å². The number of benzene rings is 2. The molecule has 1 nitrogen and oxygen atoms in total. The van der Waals surface area contributed by atoms with Crippen LogP contribution < -0.4 is 0 Å². The largest absolute Gasteiger partial charge is 0.192 e. The van der Waals surface area contributed by atoms with Crippen LogP contribution in [-0.2, 0) is 0 Å². The van der Waals surface area contributed by atoms with E-state index in [1.807, 2.05) is 30.3 Å². The van der Waals surface area contributed by atoms with Gasteiger partial charge < -0.3 is 0 Å². The predicted molar refractivity (Wildman–Crippen MR) is 66.0 cm³/mol. The Kier molecular flexibility index (Phi) is 2.75. The van der Waals surface area contributed by atoms with Gasteiger partial charge in [0.1, 0.15) is 0 Å². The lowest BCUT2D eigenvalue weighted by Crippen LogP contribution is -1.88. The van der Waals surface area contributed by atoms with E-state index in [1.54, 1.807) is 0 Å². The Bertz CT molecular complexity index is 538. The van der Waals surface area contributed by atoms with Crippen LogP contribution in [0.25, 0.3) is 10.8 Å². The second-order valence-electron chi connectivity index (χ2n) is 3.51. The van der Waals surface area contributed by atoms with Crippen molar-refractivity contribution in [1.82, 2.24) is 0 Å². The van der Waals surface area contributed by atoms with E-state index in [-0.39, 0.29) is 4.83 Å². The normalized spacial score (nSPS) is 12.3. The molecule has 0 saturated carbocycles. The van der Waals surface area contributed by atoms with Crippen molar-refractivity contribution in [2.45, 2.75) is 11.8 Å². The van der Waals surface area contributed by atoms with E-state index in [4.69, 9.17) is 5.26 Å². The van der Waals surface area contributed by atoms with Crippen molar-refractivity contribution < 1.29 is 0 Å². The molecule has 0 aliphatic rings. The van der Waals surface area contributed by atoms with Crippen LogP contribution in [-0.4, -0.2) is 0 Å². The summed E-state index contributed by atoms with van der Waals surface area (Å²) < 4.78 is 0. The molecule has 0 bridgehead atoms. The minimum Gasteiger partial charge on any atom is -0.192 e. The standard InChI is InChI=1S/C13H10BrN/c1-9(14)13-7-10(8-15)6-11-4-2-3-5-12(11)13/h2-7,9H,1H3. The van der Waals surface area contributed by atoms with Crippen molar-refractivity contribution >= 4 is 26.7 Å². The second-order valence-corrected chi connectivity index (χ2v) is 4.89. The van der Waals surface area contributed by atoms with E-state index in [9.17, 15) is 0 Å². The lowest BCUT2D eigenvalue weighted by molar-refractivity contribution is 1.14. The van der Waals surface area contributed by atoms with Crippen LogP contribution in [0.2, 0.25) is 0 Å². The first kappa shape index (κ1) is 10.2. The average Bonchev–Trinajstić information content (AvgIpc) is 2.27. The van der Waals surface area contributed by atoms with E-state index < -0.39 is 0 Å². The highest BCUT2D eigenvalue weighted by Gasteiger charge is 2.07. The van der Waals surface area contributed by atoms with Gasteiger partial charge in [-0.05, 0) is 35.4 Å². The summed E-state index contributed by atoms with van der Waals surface area (Å²) in [5.41, 5.74) is 1.89. The summed E-state index contributed by atoms with van der Waals surface area (Å²) in [5.74, 6) is 0. The summed E-state index contributed by atoms with van der Waals surface area (Å²) in [5, 5.41) is 11.3. The third-order valence-corrected chi connectivity index (χ3v) is 2.94. The van der Waals surface area contributed by atoms with E-state index in [0.717, 1.165) is 10.9 Å². The fourth-order valence-corrected chi connectivity index (χ4v) is 2.11. The lowest BCUT2D eigenvalue weighted by Gasteiger charge is -2.09. The van der Waals surface area contributed by atoms with Gasteiger partial charge in [-0.1, -0.05) is 40.2 Å². The third kappa shape index (κ3) is 1.88. The fourth-order valence-electron chi connectivity index (χ4n) is 1.73. The molecule has 0 N–H and O–H groups in total. The molecule has 0 aliphatic carbocycles. The number of rotatable bonds is 1. The van der Waals surface area contributed by atoms with Crippen LogP contribution in [0.5, 0.6) is 0 Å². The molecule has 0 saturated heterocycles. The zero-order chi connectivity index (χ0) is 10.8. The molecule has 15 heavy (non-hydrogen) atoms. The maximum atomic E-state index is 8.94. The Hall–Kier alpha value is -1.33. The number of hydrogen-bond donors (Lipinski definition) is 0. The quantitative estimate of drug-likeness (QED) is 0.706. The Labute approximate surface area is 97.5 Å². The van der Waals surface area contributed by atoms with E-state index in [0.29, 0.717) is 0 Å². The van der Waals surface area contributed by atoms with Gasteiger partial charge >= 0.3 is 0 Å². The summed E-state index contributed by atoms with van der Waals surface area (Å²) in [6.45, 7) is 2.07. The molecule has 2 heteroatoms. The van der Waals surface area contributed by atoms with Crippen molar-refractivity contribution in [2.75, 3.05) is 0 Å². The summed E-state index contributed by atoms with van der Waals surface area (Å²) in [6.07, 6.45) is 0. The highest BCUT2D eigenvalue weighted by Crippen LogP contribution is 2.30. The number of alkyl halides is 1. The van der Waals surface area contributed by atoms with Crippen LogP contribution in [0.1, 0.15) is 22.9 Å². The van der Waals surface area contributed by atoms with Gasteiger partial charge in [0.05, 0.1) is 11.6 Å². The molecule has 0 radical (unpaired) electrons. The molecule has 2 rings (SSSR count). The zero-order valence-electron chi connectivity index (χ0n) is 8.37. The molecule has 0 spiro atoms. The zero-order valence-corrected chi connectivity index (χ0v) is 9.95. The van der Waals surface area contributed by atoms with Crippen molar-refractivity contribution in [3.63, 3.8) is 0 Å². The first-order chi connectivity index (χ1) is 7.22. The average molecular weight is 260 g/mol. The van der Waals surface area contributed by atoms with Gasteiger partial charge in [0.25, 0.3) is 0 Å². The van der Waals surface area contributed by atoms with Gasteiger partial charge in [0.2, 0.25) is 0 Å². The molecule has 0 amide bonds. The second kappa shape index (κ2) is 4.04. The van der Waals surface area contributed by atoms with Crippen LogP contribution in [0.15, 0.2) is 36.4 Å². The number of fused-ring (bicyclic) bond motifs is 1. The van der Waals surface area contributed by atoms with Gasteiger partial charge in [-0.3, -0.25) is 0 Å². The van der Waals surface area contributed by atoms with Crippen molar-refractivity contribution in [3.8, 4) is 6.07 Å². The third-order valence-electron chi connectivity index (χ3n) is 2.45. The Morgan fingerprint density at radius 1 is 1.27 bits per heavy atom. The maximum absolute atomic E-state index is 8.94. The molecular formula is C13H10BrN. The smallest absolute Gasteiger partial charge is 0.0991 e. The summed E-state index contributed by atoms with van der Waals surface area (Å²) in [7, 11) is 0. The van der Waals surface area contributed by atoms with Crippen LogP contribution in [0.3, 0.4) is 0 Å². The van der Waals surface area contributed by atoms with Gasteiger partial charge in [0, 0.05) is 4.83 Å². The molecule has 0 aliphatic heterocycles. The number of nitrogens with zero attached hydrogens (tertiary/aromatic N) is 1.